The first-order chi connectivity index (χ1) is 15.6. The van der Waals surface area contributed by atoms with Crippen molar-refractivity contribution in [2.45, 2.75) is 39.0 Å². The van der Waals surface area contributed by atoms with Crippen LogP contribution in [0.4, 0.5) is 20.8 Å². The number of aryl methyl sites for hydroxylation is 1. The molecule has 0 spiro atoms. The largest absolute Gasteiger partial charge is 0.493 e. The zero-order valence-corrected chi connectivity index (χ0v) is 18.6. The summed E-state index contributed by atoms with van der Waals surface area (Å²) in [5.41, 5.74) is 1.20. The molecule has 1 aliphatic heterocycles. The number of nitrogens with zero attached hydrogens (tertiary/aromatic N) is 3. The van der Waals surface area contributed by atoms with Crippen LogP contribution in [-0.2, 0) is 11.2 Å². The Labute approximate surface area is 188 Å². The Kier molecular flexibility index (Phi) is 8.83. The van der Waals surface area contributed by atoms with Crippen molar-refractivity contribution in [1.82, 2.24) is 9.97 Å². The van der Waals surface area contributed by atoms with Crippen molar-refractivity contribution >= 4 is 17.7 Å². The van der Waals surface area contributed by atoms with Gasteiger partial charge in [-0.25, -0.2) is 19.2 Å². The van der Waals surface area contributed by atoms with Crippen LogP contribution < -0.4 is 15.0 Å². The van der Waals surface area contributed by atoms with E-state index in [4.69, 9.17) is 9.47 Å². The summed E-state index contributed by atoms with van der Waals surface area (Å²) in [6.07, 6.45) is 9.66. The molecule has 0 unspecified atom stereocenters. The molecule has 2 heterocycles. The predicted octanol–water partition coefficient (Wildman–Crippen LogP) is 4.99. The minimum Gasteiger partial charge on any atom is -0.493 e. The topological polar surface area (TPSA) is 76.6 Å². The second-order valence-corrected chi connectivity index (χ2v) is 7.82. The highest BCUT2D eigenvalue weighted by molar-refractivity contribution is 5.84. The highest BCUT2D eigenvalue weighted by Crippen LogP contribution is 2.25. The van der Waals surface area contributed by atoms with Gasteiger partial charge in [0.15, 0.2) is 5.82 Å². The summed E-state index contributed by atoms with van der Waals surface area (Å²) >= 11 is 0. The van der Waals surface area contributed by atoms with E-state index in [2.05, 4.69) is 33.7 Å². The van der Waals surface area contributed by atoms with Gasteiger partial charge in [-0.3, -0.25) is 5.32 Å². The molecule has 1 N–H and O–H groups in total. The molecule has 3 rings (SSSR count). The molecule has 0 radical (unpaired) electrons. The van der Waals surface area contributed by atoms with Gasteiger partial charge in [0.1, 0.15) is 12.4 Å². The molecule has 1 saturated heterocycles. The van der Waals surface area contributed by atoms with Crippen LogP contribution in [0.3, 0.4) is 0 Å². The van der Waals surface area contributed by atoms with E-state index in [9.17, 15) is 9.18 Å². The fraction of sp³-hybridized carbons (Fsp3) is 0.458. The van der Waals surface area contributed by atoms with E-state index in [0.717, 1.165) is 56.7 Å². The molecule has 0 aliphatic carbocycles. The number of benzene rings is 1. The molecule has 32 heavy (non-hydrogen) atoms. The fourth-order valence-electron chi connectivity index (χ4n) is 3.65. The van der Waals surface area contributed by atoms with E-state index in [1.807, 2.05) is 12.4 Å². The number of carbonyl (C=O) groups excluding carboxylic acids is 1. The van der Waals surface area contributed by atoms with Crippen LogP contribution in [0.15, 0.2) is 43.2 Å². The van der Waals surface area contributed by atoms with E-state index < -0.39 is 11.9 Å². The van der Waals surface area contributed by atoms with E-state index in [0.29, 0.717) is 18.3 Å². The molecule has 1 aromatic heterocycles. The van der Waals surface area contributed by atoms with Crippen molar-refractivity contribution in [2.75, 3.05) is 36.5 Å². The molecule has 0 saturated carbocycles. The van der Waals surface area contributed by atoms with Crippen LogP contribution >= 0.6 is 0 Å². The minimum absolute atomic E-state index is 0.0477. The standard InChI is InChI=1S/C24H31FN4O3/c1-3-13-32-24(30)28-22-8-7-20(15-21(22)25)31-14-5-6-19-9-11-29(12-10-19)23-26-16-18(4-2)17-27-23/h3,7-8,15-17,19H,1,4-6,9-14H2,2H3,(H,28,30). The van der Waals surface area contributed by atoms with Gasteiger partial charge in [-0.05, 0) is 55.7 Å². The van der Waals surface area contributed by atoms with Crippen molar-refractivity contribution in [3.8, 4) is 5.75 Å². The quantitative estimate of drug-likeness (QED) is 0.413. The first-order valence-electron chi connectivity index (χ1n) is 11.1. The van der Waals surface area contributed by atoms with Crippen LogP contribution in [0.2, 0.25) is 0 Å². The summed E-state index contributed by atoms with van der Waals surface area (Å²) in [7, 11) is 0. The zero-order chi connectivity index (χ0) is 22.8. The molecule has 0 bridgehead atoms. The number of aromatic nitrogens is 2. The highest BCUT2D eigenvalue weighted by atomic mass is 19.1. The maximum Gasteiger partial charge on any atom is 0.412 e. The van der Waals surface area contributed by atoms with Crippen LogP contribution in [0, 0.1) is 11.7 Å². The maximum atomic E-state index is 14.2. The molecule has 1 amide bonds. The van der Waals surface area contributed by atoms with Crippen molar-refractivity contribution in [2.24, 2.45) is 5.92 Å². The van der Waals surface area contributed by atoms with E-state index in [-0.39, 0.29) is 12.3 Å². The lowest BCUT2D eigenvalue weighted by atomic mass is 9.92. The number of anilines is 2. The van der Waals surface area contributed by atoms with Gasteiger partial charge in [-0.2, -0.15) is 0 Å². The van der Waals surface area contributed by atoms with Gasteiger partial charge in [-0.15, -0.1) is 0 Å². The van der Waals surface area contributed by atoms with Gasteiger partial charge in [0.05, 0.1) is 12.3 Å². The molecular weight excluding hydrogens is 411 g/mol. The lowest BCUT2D eigenvalue weighted by molar-refractivity contribution is 0.174. The van der Waals surface area contributed by atoms with Crippen molar-refractivity contribution in [1.29, 1.82) is 0 Å². The maximum absolute atomic E-state index is 14.2. The van der Waals surface area contributed by atoms with Gasteiger partial charge in [-0.1, -0.05) is 19.6 Å². The molecule has 8 heteroatoms. The first-order valence-corrected chi connectivity index (χ1v) is 11.1. The predicted molar refractivity (Wildman–Crippen MR) is 123 cm³/mol. The normalized spacial score (nSPS) is 14.1. The molecule has 0 atom stereocenters. The highest BCUT2D eigenvalue weighted by Gasteiger charge is 2.20. The van der Waals surface area contributed by atoms with Crippen molar-refractivity contribution < 1.29 is 18.7 Å². The third-order valence-corrected chi connectivity index (χ3v) is 5.53. The zero-order valence-electron chi connectivity index (χ0n) is 18.6. The number of halogens is 1. The fourth-order valence-corrected chi connectivity index (χ4v) is 3.65. The summed E-state index contributed by atoms with van der Waals surface area (Å²) in [6.45, 7) is 8.07. The monoisotopic (exact) mass is 442 g/mol. The SMILES string of the molecule is C=CCOC(=O)Nc1ccc(OCCCC2CCN(c3ncc(CC)cn3)CC2)cc1F. The second kappa shape index (κ2) is 12.0. The molecule has 172 valence electrons. The van der Waals surface area contributed by atoms with Crippen molar-refractivity contribution in [3.63, 3.8) is 0 Å². The first kappa shape index (κ1) is 23.5. The Morgan fingerprint density at radius 2 is 2.06 bits per heavy atom. The number of hydrogen-bond acceptors (Lipinski definition) is 6. The van der Waals surface area contributed by atoms with Gasteiger partial charge in [0, 0.05) is 31.5 Å². The number of nitrogens with one attached hydrogen (secondary N) is 1. The average Bonchev–Trinajstić information content (AvgIpc) is 2.82. The summed E-state index contributed by atoms with van der Waals surface area (Å²) < 4.78 is 24.6. The molecular formula is C24H31FN4O3. The summed E-state index contributed by atoms with van der Waals surface area (Å²) in [4.78, 5) is 22.7. The van der Waals surface area contributed by atoms with Gasteiger partial charge >= 0.3 is 6.09 Å². The second-order valence-electron chi connectivity index (χ2n) is 7.82. The third kappa shape index (κ3) is 6.93. The summed E-state index contributed by atoms with van der Waals surface area (Å²) in [5, 5.41) is 2.35. The van der Waals surface area contributed by atoms with E-state index >= 15 is 0 Å². The van der Waals surface area contributed by atoms with Gasteiger partial charge < -0.3 is 14.4 Å². The Balaban J connectivity index is 1.35. The van der Waals surface area contributed by atoms with Crippen LogP contribution in [0.25, 0.3) is 0 Å². The number of piperidine rings is 1. The molecule has 1 aliphatic rings. The van der Waals surface area contributed by atoms with E-state index in [1.165, 1.54) is 18.2 Å². The lowest BCUT2D eigenvalue weighted by Gasteiger charge is -2.32. The Morgan fingerprint density at radius 1 is 1.31 bits per heavy atom. The number of rotatable bonds is 10. The van der Waals surface area contributed by atoms with Crippen LogP contribution in [-0.4, -0.2) is 42.4 Å². The van der Waals surface area contributed by atoms with Crippen LogP contribution in [0.5, 0.6) is 5.75 Å². The summed E-state index contributed by atoms with van der Waals surface area (Å²) in [6, 6.07) is 4.37. The molecule has 2 aromatic rings. The van der Waals surface area contributed by atoms with Gasteiger partial charge in [0.25, 0.3) is 0 Å². The average molecular weight is 443 g/mol. The van der Waals surface area contributed by atoms with Crippen molar-refractivity contribution in [3.05, 3.63) is 54.6 Å². The number of ether oxygens (including phenoxy) is 2. The number of carbonyl (C=O) groups is 1. The minimum atomic E-state index is -0.729. The Hall–Kier alpha value is -3.16. The molecule has 7 nitrogen and oxygen atoms in total. The smallest absolute Gasteiger partial charge is 0.412 e. The third-order valence-electron chi connectivity index (χ3n) is 5.53. The number of hydrogen-bond donors (Lipinski definition) is 1. The van der Waals surface area contributed by atoms with Crippen LogP contribution in [0.1, 0.15) is 38.2 Å². The Bertz CT molecular complexity index is 883. The van der Waals surface area contributed by atoms with E-state index in [1.54, 1.807) is 6.07 Å². The van der Waals surface area contributed by atoms with Gasteiger partial charge in [0.2, 0.25) is 5.95 Å². The lowest BCUT2D eigenvalue weighted by Crippen LogP contribution is -2.35. The Morgan fingerprint density at radius 3 is 2.72 bits per heavy atom. The molecule has 1 aromatic carbocycles. The number of amides is 1. The summed E-state index contributed by atoms with van der Waals surface area (Å²) in [5.74, 6) is 1.34. The molecule has 1 fully saturated rings.